The molecule has 0 aromatic carbocycles. The largest absolute Gasteiger partial charge is 0.286 e. The molecule has 1 N–H and O–H groups in total. The predicted molar refractivity (Wildman–Crippen MR) is 22.6 cm³/mol. The fourth-order valence-corrected chi connectivity index (χ4v) is 0.102. The molecule has 0 aromatic rings. The van der Waals surface area contributed by atoms with Crippen LogP contribution >= 0.6 is 0 Å². The SMILES string of the molecule is C#CNC(C)=O. The lowest BCUT2D eigenvalue weighted by molar-refractivity contribution is -0.117. The molecule has 0 aliphatic rings. The van der Waals surface area contributed by atoms with Crippen molar-refractivity contribution in [2.45, 2.75) is 6.92 Å². The highest BCUT2D eigenvalue weighted by Crippen LogP contribution is 1.49. The summed E-state index contributed by atoms with van der Waals surface area (Å²) < 4.78 is 0. The van der Waals surface area contributed by atoms with Crippen LogP contribution in [0.1, 0.15) is 6.92 Å². The predicted octanol–water partition coefficient (Wildman–Crippen LogP) is -0.287. The van der Waals surface area contributed by atoms with E-state index in [1.54, 1.807) is 0 Å². The van der Waals surface area contributed by atoms with Gasteiger partial charge in [0.2, 0.25) is 5.91 Å². The minimum atomic E-state index is -0.197. The fraction of sp³-hybridized carbons (Fsp3) is 0.250. The topological polar surface area (TPSA) is 29.1 Å². The van der Waals surface area contributed by atoms with E-state index in [1.807, 2.05) is 6.04 Å². The number of hydrogen-bond acceptors (Lipinski definition) is 1. The Morgan fingerprint density at radius 1 is 2.00 bits per heavy atom. The molecule has 32 valence electrons. The Morgan fingerprint density at radius 2 is 2.50 bits per heavy atom. The van der Waals surface area contributed by atoms with Gasteiger partial charge < -0.3 is 0 Å². The van der Waals surface area contributed by atoms with E-state index in [1.165, 1.54) is 6.92 Å². The molecule has 0 bridgehead atoms. The van der Waals surface area contributed by atoms with Crippen LogP contribution in [0.2, 0.25) is 0 Å². The van der Waals surface area contributed by atoms with Crippen molar-refractivity contribution in [1.29, 1.82) is 0 Å². The summed E-state index contributed by atoms with van der Waals surface area (Å²) in [5.74, 6) is -0.197. The molecule has 0 fully saturated rings. The molecule has 0 radical (unpaired) electrons. The number of terminal acetylenes is 1. The first kappa shape index (κ1) is 5.03. The van der Waals surface area contributed by atoms with Crippen LogP contribution in [-0.4, -0.2) is 5.91 Å². The zero-order valence-electron chi connectivity index (χ0n) is 3.49. The number of nitrogens with one attached hydrogen (secondary N) is 1. The van der Waals surface area contributed by atoms with E-state index in [0.29, 0.717) is 0 Å². The third-order valence-electron chi connectivity index (χ3n) is 0.248. The monoisotopic (exact) mass is 83.0 g/mol. The van der Waals surface area contributed by atoms with Crippen molar-refractivity contribution in [3.8, 4) is 12.5 Å². The zero-order valence-corrected chi connectivity index (χ0v) is 3.49. The van der Waals surface area contributed by atoms with Crippen LogP contribution in [0.15, 0.2) is 0 Å². The third-order valence-corrected chi connectivity index (χ3v) is 0.248. The van der Waals surface area contributed by atoms with Crippen LogP contribution in [0.25, 0.3) is 0 Å². The Morgan fingerprint density at radius 3 is 2.50 bits per heavy atom. The van der Waals surface area contributed by atoms with Gasteiger partial charge in [0.1, 0.15) is 0 Å². The van der Waals surface area contributed by atoms with Crippen molar-refractivity contribution in [1.82, 2.24) is 5.32 Å². The summed E-state index contributed by atoms with van der Waals surface area (Å²) >= 11 is 0. The first-order valence-electron chi connectivity index (χ1n) is 1.49. The van der Waals surface area contributed by atoms with Crippen molar-refractivity contribution >= 4 is 5.91 Å². The van der Waals surface area contributed by atoms with E-state index in [2.05, 4.69) is 11.7 Å². The van der Waals surface area contributed by atoms with Gasteiger partial charge in [0.05, 0.1) is 0 Å². The van der Waals surface area contributed by atoms with Crippen LogP contribution in [0.5, 0.6) is 0 Å². The van der Waals surface area contributed by atoms with Crippen LogP contribution in [0, 0.1) is 12.5 Å². The average Bonchev–Trinajstić information content (AvgIpc) is 1.35. The summed E-state index contributed by atoms with van der Waals surface area (Å²) in [5.41, 5.74) is 0. The second-order valence-corrected chi connectivity index (χ2v) is 0.826. The van der Waals surface area contributed by atoms with Crippen molar-refractivity contribution in [2.24, 2.45) is 0 Å². The Hall–Kier alpha value is -0.970. The molecule has 0 atom stereocenters. The van der Waals surface area contributed by atoms with Gasteiger partial charge in [0, 0.05) is 13.0 Å². The normalized spacial score (nSPS) is 6.00. The molecule has 2 nitrogen and oxygen atoms in total. The van der Waals surface area contributed by atoms with Gasteiger partial charge in [-0.15, -0.1) is 0 Å². The van der Waals surface area contributed by atoms with Gasteiger partial charge >= 0.3 is 0 Å². The first-order chi connectivity index (χ1) is 2.77. The van der Waals surface area contributed by atoms with Crippen molar-refractivity contribution in [3.63, 3.8) is 0 Å². The van der Waals surface area contributed by atoms with Gasteiger partial charge in [-0.05, 0) is 0 Å². The van der Waals surface area contributed by atoms with Gasteiger partial charge in [-0.25, -0.2) is 0 Å². The maximum atomic E-state index is 9.79. The molecule has 0 aliphatic heterocycles. The molecule has 0 saturated carbocycles. The summed E-state index contributed by atoms with van der Waals surface area (Å²) in [6.45, 7) is 1.36. The van der Waals surface area contributed by atoms with Gasteiger partial charge in [-0.3, -0.25) is 10.1 Å². The minimum Gasteiger partial charge on any atom is -0.286 e. The fourth-order valence-electron chi connectivity index (χ4n) is 0.102. The zero-order chi connectivity index (χ0) is 4.99. The number of carbonyl (C=O) groups is 1. The van der Waals surface area contributed by atoms with E-state index in [9.17, 15) is 4.79 Å². The number of rotatable bonds is 0. The van der Waals surface area contributed by atoms with Gasteiger partial charge in [0.25, 0.3) is 0 Å². The van der Waals surface area contributed by atoms with Gasteiger partial charge in [-0.1, -0.05) is 6.42 Å². The van der Waals surface area contributed by atoms with Gasteiger partial charge in [0.15, 0.2) is 0 Å². The number of hydrogen-bond donors (Lipinski definition) is 1. The smallest absolute Gasteiger partial charge is 0.228 e. The van der Waals surface area contributed by atoms with E-state index in [-0.39, 0.29) is 5.91 Å². The number of amides is 1. The lowest BCUT2D eigenvalue weighted by Crippen LogP contribution is -2.11. The maximum absolute atomic E-state index is 9.79. The molecule has 0 spiro atoms. The molecule has 6 heavy (non-hydrogen) atoms. The molecule has 0 heterocycles. The lowest BCUT2D eigenvalue weighted by atomic mass is 10.7. The Kier molecular flexibility index (Phi) is 1.91. The van der Waals surface area contributed by atoms with Crippen molar-refractivity contribution < 1.29 is 4.79 Å². The summed E-state index contributed by atoms with van der Waals surface area (Å²) in [6, 6.07) is 1.97. The second-order valence-electron chi connectivity index (χ2n) is 0.826. The minimum absolute atomic E-state index is 0.197. The van der Waals surface area contributed by atoms with E-state index < -0.39 is 0 Å². The summed E-state index contributed by atoms with van der Waals surface area (Å²) in [4.78, 5) is 9.79. The van der Waals surface area contributed by atoms with E-state index in [4.69, 9.17) is 0 Å². The molecule has 0 aromatic heterocycles. The molecule has 0 rings (SSSR count). The van der Waals surface area contributed by atoms with Crippen LogP contribution in [-0.2, 0) is 4.79 Å². The number of carbonyl (C=O) groups excluding carboxylic acids is 1. The van der Waals surface area contributed by atoms with Crippen molar-refractivity contribution in [2.75, 3.05) is 0 Å². The lowest BCUT2D eigenvalue weighted by Gasteiger charge is -1.79. The summed E-state index contributed by atoms with van der Waals surface area (Å²) in [5, 5.41) is 2.10. The molecule has 0 aliphatic carbocycles. The molecule has 0 unspecified atom stereocenters. The molecular formula is C4H5NO. The standard InChI is InChI=1S/C4H5NO/c1-3-5-4(2)6/h1H,2H3,(H,5,6). The van der Waals surface area contributed by atoms with Crippen LogP contribution in [0.4, 0.5) is 0 Å². The molecular weight excluding hydrogens is 78.0 g/mol. The average molecular weight is 83.1 g/mol. The molecule has 1 amide bonds. The summed E-state index contributed by atoms with van der Waals surface area (Å²) in [7, 11) is 0. The van der Waals surface area contributed by atoms with Gasteiger partial charge in [-0.2, -0.15) is 0 Å². The third kappa shape index (κ3) is 3.03. The highest BCUT2D eigenvalue weighted by molar-refractivity contribution is 5.74. The van der Waals surface area contributed by atoms with Crippen LogP contribution in [0.3, 0.4) is 0 Å². The van der Waals surface area contributed by atoms with E-state index in [0.717, 1.165) is 0 Å². The quantitative estimate of drug-likeness (QED) is 0.316. The second kappa shape index (κ2) is 2.28. The molecule has 2 heteroatoms. The highest BCUT2D eigenvalue weighted by atomic mass is 16.1. The highest BCUT2D eigenvalue weighted by Gasteiger charge is 1.76. The maximum Gasteiger partial charge on any atom is 0.228 e. The first-order valence-corrected chi connectivity index (χ1v) is 1.49. The summed E-state index contributed by atoms with van der Waals surface area (Å²) in [6.07, 6.45) is 4.65. The molecule has 0 saturated heterocycles. The Labute approximate surface area is 36.5 Å². The van der Waals surface area contributed by atoms with Crippen LogP contribution < -0.4 is 5.32 Å². The Balaban J connectivity index is 3.13. The Bertz CT molecular complexity index is 90.2. The van der Waals surface area contributed by atoms with E-state index >= 15 is 0 Å². The van der Waals surface area contributed by atoms with Crippen molar-refractivity contribution in [3.05, 3.63) is 0 Å².